The van der Waals surface area contributed by atoms with Gasteiger partial charge in [-0.05, 0) is 0 Å². The average Bonchev–Trinajstić information content (AvgIpc) is 2.22. The second-order valence-corrected chi connectivity index (χ2v) is 7.85. The van der Waals surface area contributed by atoms with Crippen LogP contribution in [-0.2, 0) is 14.6 Å². The second-order valence-electron chi connectivity index (χ2n) is 3.41. The molecule has 88 valence electrons. The van der Waals surface area contributed by atoms with Gasteiger partial charge in [-0.3, -0.25) is 4.79 Å². The third kappa shape index (κ3) is 3.64. The number of nitrogens with one attached hydrogen (secondary N) is 1. The molecule has 4 N–H and O–H groups in total. The molecular formula is C6H10Cl3N2O3S+. The van der Waals surface area contributed by atoms with Crippen LogP contribution in [0.2, 0.25) is 0 Å². The van der Waals surface area contributed by atoms with Crippen molar-refractivity contribution >= 4 is 50.5 Å². The molecule has 0 saturated carbocycles. The Balaban J connectivity index is 2.66. The van der Waals surface area contributed by atoms with Crippen molar-refractivity contribution in [3.8, 4) is 0 Å². The molecule has 0 radical (unpaired) electrons. The van der Waals surface area contributed by atoms with Crippen LogP contribution in [-0.4, -0.2) is 41.7 Å². The number of carbonyl (C=O) groups is 1. The van der Waals surface area contributed by atoms with Crippen LogP contribution >= 0.6 is 34.8 Å². The van der Waals surface area contributed by atoms with Crippen molar-refractivity contribution in [3.63, 3.8) is 0 Å². The molecule has 0 aliphatic carbocycles. The quantitative estimate of drug-likeness (QED) is 0.601. The third-order valence-electron chi connectivity index (χ3n) is 2.04. The van der Waals surface area contributed by atoms with Gasteiger partial charge in [-0.1, -0.05) is 34.8 Å². The molecule has 15 heavy (non-hydrogen) atoms. The number of sulfone groups is 1. The van der Waals surface area contributed by atoms with E-state index in [0.29, 0.717) is 0 Å². The van der Waals surface area contributed by atoms with Crippen LogP contribution in [0, 0.1) is 0 Å². The van der Waals surface area contributed by atoms with Gasteiger partial charge in [0.1, 0.15) is 11.8 Å². The van der Waals surface area contributed by atoms with E-state index in [2.05, 4.69) is 11.1 Å². The zero-order valence-corrected chi connectivity index (χ0v) is 10.6. The summed E-state index contributed by atoms with van der Waals surface area (Å²) in [6.07, 6.45) is 0. The van der Waals surface area contributed by atoms with Gasteiger partial charge in [0.05, 0.1) is 11.8 Å². The van der Waals surface area contributed by atoms with Gasteiger partial charge >= 0.3 is 0 Å². The number of alkyl halides is 3. The van der Waals surface area contributed by atoms with Crippen molar-refractivity contribution in [2.75, 3.05) is 11.5 Å². The van der Waals surface area contributed by atoms with Crippen molar-refractivity contribution in [2.45, 2.75) is 15.9 Å². The third-order valence-corrected chi connectivity index (χ3v) is 4.36. The number of quaternary nitrogens is 1. The molecule has 2 atom stereocenters. The number of rotatable bonds is 1. The maximum absolute atomic E-state index is 11.2. The second kappa shape index (κ2) is 4.25. The average molecular weight is 297 g/mol. The molecule has 1 aliphatic rings. The van der Waals surface area contributed by atoms with Crippen LogP contribution < -0.4 is 11.1 Å². The molecule has 0 bridgehead atoms. The van der Waals surface area contributed by atoms with Gasteiger partial charge < -0.3 is 11.1 Å². The predicted molar refractivity (Wildman–Crippen MR) is 57.6 cm³/mol. The van der Waals surface area contributed by atoms with E-state index in [1.54, 1.807) is 0 Å². The molecular weight excluding hydrogens is 287 g/mol. The van der Waals surface area contributed by atoms with Crippen LogP contribution in [0.4, 0.5) is 0 Å². The van der Waals surface area contributed by atoms with Gasteiger partial charge in [-0.15, -0.1) is 0 Å². The Bertz CT molecular complexity index is 364. The zero-order valence-electron chi connectivity index (χ0n) is 7.54. The lowest BCUT2D eigenvalue weighted by Crippen LogP contribution is -2.69. The van der Waals surface area contributed by atoms with Gasteiger partial charge in [-0.2, -0.15) is 0 Å². The van der Waals surface area contributed by atoms with E-state index in [0.717, 1.165) is 0 Å². The van der Waals surface area contributed by atoms with Crippen molar-refractivity contribution in [1.82, 2.24) is 5.32 Å². The minimum atomic E-state index is -3.14. The summed E-state index contributed by atoms with van der Waals surface area (Å²) < 4.78 is 20.3. The number of amides is 1. The van der Waals surface area contributed by atoms with Crippen molar-refractivity contribution < 1.29 is 18.9 Å². The Hall–Kier alpha value is 0.250. The first-order valence-electron chi connectivity index (χ1n) is 4.03. The van der Waals surface area contributed by atoms with E-state index in [1.165, 1.54) is 0 Å². The van der Waals surface area contributed by atoms with Gasteiger partial charge in [0, 0.05) is 0 Å². The van der Waals surface area contributed by atoms with E-state index < -0.39 is 31.6 Å². The Morgan fingerprint density at radius 3 is 2.20 bits per heavy atom. The topological polar surface area (TPSA) is 90.9 Å². The van der Waals surface area contributed by atoms with E-state index in [9.17, 15) is 13.2 Å². The fraction of sp³-hybridized carbons (Fsp3) is 0.833. The number of halogens is 3. The predicted octanol–water partition coefficient (Wildman–Crippen LogP) is -1.12. The Labute approximate surface area is 102 Å². The Morgan fingerprint density at radius 2 is 1.87 bits per heavy atom. The molecule has 0 unspecified atom stereocenters. The first kappa shape index (κ1) is 13.3. The molecule has 0 aromatic rings. The molecule has 1 rings (SSSR count). The van der Waals surface area contributed by atoms with Gasteiger partial charge in [0.25, 0.3) is 9.70 Å². The van der Waals surface area contributed by atoms with Crippen molar-refractivity contribution in [2.24, 2.45) is 0 Å². The summed E-state index contributed by atoms with van der Waals surface area (Å²) in [5.41, 5.74) is 3.63. The van der Waals surface area contributed by atoms with E-state index in [4.69, 9.17) is 34.8 Å². The summed E-state index contributed by atoms with van der Waals surface area (Å²) in [5.74, 6) is -1.05. The Morgan fingerprint density at radius 1 is 1.33 bits per heavy atom. The molecule has 0 spiro atoms. The molecule has 9 heteroatoms. The van der Waals surface area contributed by atoms with Crippen LogP contribution in [0.3, 0.4) is 0 Å². The van der Waals surface area contributed by atoms with Gasteiger partial charge in [-0.25, -0.2) is 8.42 Å². The van der Waals surface area contributed by atoms with Crippen LogP contribution in [0.25, 0.3) is 0 Å². The monoisotopic (exact) mass is 295 g/mol. The smallest absolute Gasteiger partial charge is 0.272 e. The minimum Gasteiger partial charge on any atom is -0.353 e. The Kier molecular flexibility index (Phi) is 3.78. The molecule has 5 nitrogen and oxygen atoms in total. The van der Waals surface area contributed by atoms with Crippen LogP contribution in [0.15, 0.2) is 0 Å². The standard InChI is InChI=1S/C6H9Cl3N2O3S/c7-6(8,9)5(12)11-4-2-15(13,14)1-3(4)10/h3-4H,1-2,10H2,(H,11,12)/p+1/t3-,4+/m0/s1. The highest BCUT2D eigenvalue weighted by Crippen LogP contribution is 2.26. The largest absolute Gasteiger partial charge is 0.353 e. The van der Waals surface area contributed by atoms with E-state index >= 15 is 0 Å². The molecule has 0 aromatic carbocycles. The summed E-state index contributed by atoms with van der Waals surface area (Å²) in [6, 6.07) is -0.996. The van der Waals surface area contributed by atoms with E-state index in [-0.39, 0.29) is 11.5 Å². The van der Waals surface area contributed by atoms with Crippen LogP contribution in [0.5, 0.6) is 0 Å². The lowest BCUT2D eigenvalue weighted by atomic mass is 10.2. The first-order valence-corrected chi connectivity index (χ1v) is 6.98. The number of hydrogen-bond acceptors (Lipinski definition) is 3. The van der Waals surface area contributed by atoms with Crippen molar-refractivity contribution in [3.05, 3.63) is 0 Å². The maximum Gasteiger partial charge on any atom is 0.272 e. The summed E-state index contributed by atoms with van der Waals surface area (Å²) >= 11 is 16.0. The summed E-state index contributed by atoms with van der Waals surface area (Å²) in [4.78, 5) is 11.2. The summed E-state index contributed by atoms with van der Waals surface area (Å²) in [7, 11) is -3.14. The maximum atomic E-state index is 11.2. The first-order chi connectivity index (χ1) is 6.62. The SMILES string of the molecule is [NH3+][C@H]1CS(=O)(=O)C[C@H]1NC(=O)C(Cl)(Cl)Cl. The zero-order chi connectivity index (χ0) is 11.9. The number of hydrogen-bond donors (Lipinski definition) is 2. The van der Waals surface area contributed by atoms with Crippen molar-refractivity contribution in [1.29, 1.82) is 0 Å². The van der Waals surface area contributed by atoms with Crippen LogP contribution in [0.1, 0.15) is 0 Å². The molecule has 1 amide bonds. The molecule has 1 heterocycles. The molecule has 0 aromatic heterocycles. The lowest BCUT2D eigenvalue weighted by molar-refractivity contribution is -0.415. The molecule has 1 aliphatic heterocycles. The lowest BCUT2D eigenvalue weighted by Gasteiger charge is -2.16. The molecule has 1 fully saturated rings. The minimum absolute atomic E-state index is 0.0577. The van der Waals surface area contributed by atoms with Gasteiger partial charge in [0.15, 0.2) is 9.84 Å². The normalized spacial score (nSPS) is 30.1. The fourth-order valence-electron chi connectivity index (χ4n) is 1.33. The summed E-state index contributed by atoms with van der Waals surface area (Å²) in [5, 5.41) is 2.35. The highest BCUT2D eigenvalue weighted by Gasteiger charge is 2.42. The highest BCUT2D eigenvalue weighted by atomic mass is 35.6. The summed E-state index contributed by atoms with van der Waals surface area (Å²) in [6.45, 7) is 0. The van der Waals surface area contributed by atoms with E-state index in [1.807, 2.05) is 0 Å². The fourth-order valence-corrected chi connectivity index (χ4v) is 3.42. The highest BCUT2D eigenvalue weighted by molar-refractivity contribution is 7.91. The number of carbonyl (C=O) groups excluding carboxylic acids is 1. The molecule has 1 saturated heterocycles. The van der Waals surface area contributed by atoms with Gasteiger partial charge in [0.2, 0.25) is 0 Å².